The maximum absolute atomic E-state index is 10.5. The third-order valence-corrected chi connectivity index (χ3v) is 4.38. The zero-order valence-electron chi connectivity index (χ0n) is 12.6. The van der Waals surface area contributed by atoms with Crippen LogP contribution in [-0.2, 0) is 0 Å². The Balaban J connectivity index is 3.82. The lowest BCUT2D eigenvalue weighted by Gasteiger charge is -2.34. The molecule has 0 rings (SSSR count). The SMILES string of the molecule is CCCCCCCCC(CC)C(O)(CC)CC. The summed E-state index contributed by atoms with van der Waals surface area (Å²) in [5, 5.41) is 10.5. The number of unbranched alkanes of at least 4 members (excludes halogenated alkanes) is 5. The molecule has 0 aliphatic rings. The molecule has 0 amide bonds. The van der Waals surface area contributed by atoms with Gasteiger partial charge in [-0.05, 0) is 25.2 Å². The fraction of sp³-hybridized carbons (Fsp3) is 1.00. The van der Waals surface area contributed by atoms with Gasteiger partial charge in [-0.15, -0.1) is 0 Å². The molecule has 0 aromatic carbocycles. The van der Waals surface area contributed by atoms with Crippen molar-refractivity contribution in [2.24, 2.45) is 5.92 Å². The van der Waals surface area contributed by atoms with Crippen molar-refractivity contribution in [2.45, 2.75) is 97.5 Å². The highest BCUT2D eigenvalue weighted by atomic mass is 16.3. The smallest absolute Gasteiger partial charge is 0.0670 e. The van der Waals surface area contributed by atoms with Crippen molar-refractivity contribution in [3.8, 4) is 0 Å². The molecule has 0 aromatic heterocycles. The van der Waals surface area contributed by atoms with E-state index < -0.39 is 5.60 Å². The molecule has 0 radical (unpaired) electrons. The number of aliphatic hydroxyl groups is 1. The predicted molar refractivity (Wildman–Crippen MR) is 77.3 cm³/mol. The van der Waals surface area contributed by atoms with E-state index in [1.54, 1.807) is 0 Å². The molecule has 0 bridgehead atoms. The van der Waals surface area contributed by atoms with Gasteiger partial charge >= 0.3 is 0 Å². The lowest BCUT2D eigenvalue weighted by molar-refractivity contribution is -0.0315. The predicted octanol–water partition coefficient (Wildman–Crippen LogP) is 5.31. The van der Waals surface area contributed by atoms with Crippen LogP contribution in [0.3, 0.4) is 0 Å². The van der Waals surface area contributed by atoms with Crippen LogP contribution in [0.2, 0.25) is 0 Å². The second-order valence-corrected chi connectivity index (χ2v) is 5.47. The molecule has 0 saturated carbocycles. The third kappa shape index (κ3) is 6.45. The Bertz CT molecular complexity index is 161. The zero-order chi connectivity index (χ0) is 13.1. The van der Waals surface area contributed by atoms with Crippen LogP contribution in [0.4, 0.5) is 0 Å². The minimum atomic E-state index is -0.405. The quantitative estimate of drug-likeness (QED) is 0.486. The Morgan fingerprint density at radius 1 is 0.824 bits per heavy atom. The van der Waals surface area contributed by atoms with Gasteiger partial charge in [-0.2, -0.15) is 0 Å². The van der Waals surface area contributed by atoms with Gasteiger partial charge in [-0.1, -0.05) is 72.6 Å². The van der Waals surface area contributed by atoms with E-state index in [1.165, 1.54) is 44.9 Å². The number of rotatable bonds is 11. The fourth-order valence-corrected chi connectivity index (χ4v) is 2.85. The van der Waals surface area contributed by atoms with E-state index in [0.717, 1.165) is 19.3 Å². The fourth-order valence-electron chi connectivity index (χ4n) is 2.85. The van der Waals surface area contributed by atoms with Crippen LogP contribution in [0.25, 0.3) is 0 Å². The molecule has 104 valence electrons. The molecule has 0 saturated heterocycles. The van der Waals surface area contributed by atoms with Gasteiger partial charge in [0.25, 0.3) is 0 Å². The highest BCUT2D eigenvalue weighted by Crippen LogP contribution is 2.32. The number of hydrogen-bond donors (Lipinski definition) is 1. The second kappa shape index (κ2) is 9.94. The molecule has 0 spiro atoms. The summed E-state index contributed by atoms with van der Waals surface area (Å²) in [4.78, 5) is 0. The Hall–Kier alpha value is -0.0400. The van der Waals surface area contributed by atoms with Crippen molar-refractivity contribution in [3.63, 3.8) is 0 Å². The lowest BCUT2D eigenvalue weighted by atomic mass is 9.78. The molecule has 1 unspecified atom stereocenters. The summed E-state index contributed by atoms with van der Waals surface area (Å²) >= 11 is 0. The molecule has 0 aliphatic carbocycles. The average molecular weight is 242 g/mol. The van der Waals surface area contributed by atoms with Crippen molar-refractivity contribution < 1.29 is 5.11 Å². The van der Waals surface area contributed by atoms with Gasteiger partial charge in [-0.25, -0.2) is 0 Å². The average Bonchev–Trinajstić information content (AvgIpc) is 2.37. The highest BCUT2D eigenvalue weighted by Gasteiger charge is 2.31. The maximum atomic E-state index is 10.5. The van der Waals surface area contributed by atoms with Crippen LogP contribution in [-0.4, -0.2) is 10.7 Å². The monoisotopic (exact) mass is 242 g/mol. The summed E-state index contributed by atoms with van der Waals surface area (Å²) < 4.78 is 0. The Morgan fingerprint density at radius 2 is 1.35 bits per heavy atom. The number of hydrogen-bond acceptors (Lipinski definition) is 1. The molecule has 0 fully saturated rings. The van der Waals surface area contributed by atoms with E-state index in [4.69, 9.17) is 0 Å². The first-order chi connectivity index (χ1) is 8.14. The minimum absolute atomic E-state index is 0.405. The Kier molecular flexibility index (Phi) is 9.91. The molecule has 1 atom stereocenters. The third-order valence-electron chi connectivity index (χ3n) is 4.38. The van der Waals surface area contributed by atoms with Gasteiger partial charge in [0.1, 0.15) is 0 Å². The highest BCUT2D eigenvalue weighted by molar-refractivity contribution is 4.83. The van der Waals surface area contributed by atoms with Crippen molar-refractivity contribution in [1.29, 1.82) is 0 Å². The summed E-state index contributed by atoms with van der Waals surface area (Å²) in [7, 11) is 0. The molecule has 1 heteroatoms. The van der Waals surface area contributed by atoms with Crippen molar-refractivity contribution in [2.75, 3.05) is 0 Å². The van der Waals surface area contributed by atoms with E-state index in [1.807, 2.05) is 0 Å². The van der Waals surface area contributed by atoms with E-state index in [9.17, 15) is 5.11 Å². The van der Waals surface area contributed by atoms with Gasteiger partial charge < -0.3 is 5.11 Å². The second-order valence-electron chi connectivity index (χ2n) is 5.47. The van der Waals surface area contributed by atoms with E-state index in [0.29, 0.717) is 5.92 Å². The topological polar surface area (TPSA) is 20.2 Å². The molecular weight excluding hydrogens is 208 g/mol. The van der Waals surface area contributed by atoms with Gasteiger partial charge in [0.2, 0.25) is 0 Å². The van der Waals surface area contributed by atoms with Crippen molar-refractivity contribution >= 4 is 0 Å². The van der Waals surface area contributed by atoms with Crippen LogP contribution >= 0.6 is 0 Å². The van der Waals surface area contributed by atoms with Crippen molar-refractivity contribution in [3.05, 3.63) is 0 Å². The summed E-state index contributed by atoms with van der Waals surface area (Å²) in [6.07, 6.45) is 12.2. The zero-order valence-corrected chi connectivity index (χ0v) is 12.6. The lowest BCUT2D eigenvalue weighted by Crippen LogP contribution is -2.36. The van der Waals surface area contributed by atoms with Crippen molar-refractivity contribution in [1.82, 2.24) is 0 Å². The standard InChI is InChI=1S/C16H34O/c1-5-9-10-11-12-13-14-15(6-2)16(17,7-3)8-4/h15,17H,5-14H2,1-4H3. The first-order valence-corrected chi connectivity index (χ1v) is 7.86. The summed E-state index contributed by atoms with van der Waals surface area (Å²) in [6, 6.07) is 0. The Morgan fingerprint density at radius 3 is 1.82 bits per heavy atom. The van der Waals surface area contributed by atoms with Crippen LogP contribution in [0.1, 0.15) is 91.9 Å². The molecule has 0 aliphatic heterocycles. The molecule has 1 nitrogen and oxygen atoms in total. The maximum Gasteiger partial charge on any atom is 0.0670 e. The largest absolute Gasteiger partial charge is 0.390 e. The van der Waals surface area contributed by atoms with Gasteiger partial charge in [0, 0.05) is 0 Å². The van der Waals surface area contributed by atoms with Crippen LogP contribution in [0.5, 0.6) is 0 Å². The van der Waals surface area contributed by atoms with Gasteiger partial charge in [-0.3, -0.25) is 0 Å². The van der Waals surface area contributed by atoms with Crippen LogP contribution in [0.15, 0.2) is 0 Å². The first-order valence-electron chi connectivity index (χ1n) is 7.86. The molecule has 17 heavy (non-hydrogen) atoms. The molecule has 0 heterocycles. The van der Waals surface area contributed by atoms with E-state index in [2.05, 4.69) is 27.7 Å². The van der Waals surface area contributed by atoms with Crippen LogP contribution < -0.4 is 0 Å². The van der Waals surface area contributed by atoms with Crippen LogP contribution in [0, 0.1) is 5.92 Å². The first kappa shape index (κ1) is 17.0. The Labute approximate surface area is 109 Å². The normalized spacial score (nSPS) is 13.9. The van der Waals surface area contributed by atoms with Gasteiger partial charge in [0.15, 0.2) is 0 Å². The van der Waals surface area contributed by atoms with E-state index >= 15 is 0 Å². The van der Waals surface area contributed by atoms with Gasteiger partial charge in [0.05, 0.1) is 5.60 Å². The summed E-state index contributed by atoms with van der Waals surface area (Å²) in [6.45, 7) is 8.72. The summed E-state index contributed by atoms with van der Waals surface area (Å²) in [5.41, 5.74) is -0.405. The molecule has 1 N–H and O–H groups in total. The molecular formula is C16H34O. The summed E-state index contributed by atoms with van der Waals surface area (Å²) in [5.74, 6) is 0.503. The minimum Gasteiger partial charge on any atom is -0.390 e. The molecule has 0 aromatic rings. The van der Waals surface area contributed by atoms with E-state index in [-0.39, 0.29) is 0 Å².